The number of benzene rings is 1. The van der Waals surface area contributed by atoms with Crippen LogP contribution in [0, 0.1) is 10.8 Å². The molecule has 0 N–H and O–H groups in total. The molecule has 1 aromatic rings. The van der Waals surface area contributed by atoms with Crippen LogP contribution in [0.1, 0.15) is 50.4 Å². The third-order valence-corrected chi connectivity index (χ3v) is 5.31. The molecule has 0 radical (unpaired) electrons. The Morgan fingerprint density at radius 3 is 2.48 bits per heavy atom. The van der Waals surface area contributed by atoms with Crippen LogP contribution >= 0.6 is 0 Å². The minimum atomic E-state index is 0.109. The molecule has 0 spiro atoms. The number of likely N-dealkylation sites (tertiary alicyclic amines) is 1. The first-order chi connectivity index (χ1) is 10.8. The van der Waals surface area contributed by atoms with Crippen LogP contribution in [-0.2, 0) is 0 Å². The molecule has 1 aliphatic carbocycles. The summed E-state index contributed by atoms with van der Waals surface area (Å²) in [4.78, 5) is 15.1. The number of carbonyl (C=O) groups is 1. The highest BCUT2D eigenvalue weighted by Gasteiger charge is 2.51. The van der Waals surface area contributed by atoms with Gasteiger partial charge in [-0.2, -0.15) is 0 Å². The molecule has 2 atom stereocenters. The van der Waals surface area contributed by atoms with Gasteiger partial charge in [0.2, 0.25) is 0 Å². The monoisotopic (exact) mass is 317 g/mol. The third kappa shape index (κ3) is 2.91. The zero-order valence-corrected chi connectivity index (χ0v) is 14.8. The molecule has 2 aliphatic rings. The van der Waals surface area contributed by atoms with Crippen molar-refractivity contribution < 1.29 is 14.3 Å². The van der Waals surface area contributed by atoms with Crippen LogP contribution in [0.2, 0.25) is 0 Å². The van der Waals surface area contributed by atoms with Gasteiger partial charge in [0.25, 0.3) is 5.91 Å². The van der Waals surface area contributed by atoms with Crippen molar-refractivity contribution in [2.24, 2.45) is 10.8 Å². The van der Waals surface area contributed by atoms with Crippen molar-refractivity contribution >= 4 is 5.91 Å². The van der Waals surface area contributed by atoms with Crippen molar-refractivity contribution in [2.75, 3.05) is 20.8 Å². The number of amides is 1. The Labute approximate surface area is 138 Å². The molecule has 1 saturated heterocycles. The number of rotatable bonds is 3. The van der Waals surface area contributed by atoms with E-state index in [4.69, 9.17) is 9.47 Å². The first-order valence-corrected chi connectivity index (χ1v) is 8.30. The first kappa shape index (κ1) is 16.2. The Hall–Kier alpha value is -1.71. The Kier molecular flexibility index (Phi) is 3.81. The maximum absolute atomic E-state index is 13.0. The molecule has 1 amide bonds. The summed E-state index contributed by atoms with van der Waals surface area (Å²) in [5.74, 6) is 1.36. The molecule has 4 nitrogen and oxygen atoms in total. The summed E-state index contributed by atoms with van der Waals surface area (Å²) in [6.45, 7) is 7.82. The summed E-state index contributed by atoms with van der Waals surface area (Å²) in [6.07, 6.45) is 3.39. The van der Waals surface area contributed by atoms with Gasteiger partial charge < -0.3 is 14.4 Å². The second kappa shape index (κ2) is 5.43. The van der Waals surface area contributed by atoms with E-state index < -0.39 is 0 Å². The van der Waals surface area contributed by atoms with E-state index in [1.807, 2.05) is 6.07 Å². The van der Waals surface area contributed by atoms with Gasteiger partial charge >= 0.3 is 0 Å². The van der Waals surface area contributed by atoms with E-state index in [9.17, 15) is 4.79 Å². The van der Waals surface area contributed by atoms with Crippen LogP contribution in [0.3, 0.4) is 0 Å². The van der Waals surface area contributed by atoms with Crippen LogP contribution in [0.5, 0.6) is 11.5 Å². The highest BCUT2D eigenvalue weighted by molar-refractivity contribution is 5.95. The average Bonchev–Trinajstić information content (AvgIpc) is 2.74. The molecule has 3 rings (SSSR count). The van der Waals surface area contributed by atoms with Crippen LogP contribution in [0.4, 0.5) is 0 Å². The van der Waals surface area contributed by atoms with Crippen LogP contribution in [0.25, 0.3) is 0 Å². The summed E-state index contributed by atoms with van der Waals surface area (Å²) in [5, 5.41) is 0. The Morgan fingerprint density at radius 1 is 1.13 bits per heavy atom. The molecule has 1 aromatic carbocycles. The smallest absolute Gasteiger partial charge is 0.254 e. The number of methoxy groups -OCH3 is 2. The van der Waals surface area contributed by atoms with Gasteiger partial charge in [0.1, 0.15) is 0 Å². The van der Waals surface area contributed by atoms with Crippen LogP contribution < -0.4 is 9.47 Å². The predicted molar refractivity (Wildman–Crippen MR) is 90.1 cm³/mol. The molecule has 1 saturated carbocycles. The molecule has 0 unspecified atom stereocenters. The molecule has 23 heavy (non-hydrogen) atoms. The molecule has 4 heteroatoms. The van der Waals surface area contributed by atoms with Gasteiger partial charge in [-0.05, 0) is 48.3 Å². The average molecular weight is 317 g/mol. The van der Waals surface area contributed by atoms with Gasteiger partial charge in [0.05, 0.1) is 14.2 Å². The van der Waals surface area contributed by atoms with Crippen molar-refractivity contribution in [3.63, 3.8) is 0 Å². The maximum atomic E-state index is 13.0. The van der Waals surface area contributed by atoms with E-state index in [0.717, 1.165) is 19.4 Å². The molecule has 126 valence electrons. The van der Waals surface area contributed by atoms with Crippen molar-refractivity contribution in [2.45, 2.75) is 46.1 Å². The fourth-order valence-corrected chi connectivity index (χ4v) is 4.83. The summed E-state index contributed by atoms with van der Waals surface area (Å²) < 4.78 is 10.6. The Balaban J connectivity index is 1.87. The van der Waals surface area contributed by atoms with E-state index >= 15 is 0 Å². The lowest BCUT2D eigenvalue weighted by molar-refractivity contribution is 0.0708. The van der Waals surface area contributed by atoms with Gasteiger partial charge in [-0.15, -0.1) is 0 Å². The van der Waals surface area contributed by atoms with Gasteiger partial charge in [-0.25, -0.2) is 0 Å². The minimum absolute atomic E-state index is 0.109. The maximum Gasteiger partial charge on any atom is 0.254 e. The number of fused-ring (bicyclic) bond motifs is 2. The molecular weight excluding hydrogens is 290 g/mol. The van der Waals surface area contributed by atoms with Crippen molar-refractivity contribution in [3.8, 4) is 11.5 Å². The van der Waals surface area contributed by atoms with E-state index in [2.05, 4.69) is 25.7 Å². The number of hydrogen-bond donors (Lipinski definition) is 0. The molecular formula is C19H27NO3. The zero-order valence-electron chi connectivity index (χ0n) is 14.8. The largest absolute Gasteiger partial charge is 0.493 e. The number of carbonyl (C=O) groups excluding carboxylic acids is 1. The van der Waals surface area contributed by atoms with Gasteiger partial charge in [-0.3, -0.25) is 4.79 Å². The van der Waals surface area contributed by atoms with E-state index in [-0.39, 0.29) is 11.3 Å². The predicted octanol–water partition coefficient (Wildman–Crippen LogP) is 3.74. The zero-order chi connectivity index (χ0) is 16.8. The SMILES string of the molecule is COc1ccc(C(=O)N2C[C@]3(C)C[C@@H]2CC(C)(C)C3)cc1OC. The Morgan fingerprint density at radius 2 is 1.83 bits per heavy atom. The Bertz CT molecular complexity index is 625. The number of hydrogen-bond acceptors (Lipinski definition) is 3. The summed E-state index contributed by atoms with van der Waals surface area (Å²) >= 11 is 0. The normalized spacial score (nSPS) is 28.6. The van der Waals surface area contributed by atoms with E-state index in [0.29, 0.717) is 28.5 Å². The molecule has 0 aromatic heterocycles. The first-order valence-electron chi connectivity index (χ1n) is 8.30. The standard InChI is InChI=1S/C19H27NO3/c1-18(2)9-14-10-19(3,11-18)12-20(14)17(21)13-6-7-15(22-4)16(8-13)23-5/h6-8,14H,9-12H2,1-5H3/t14-,19+/m0/s1. The summed E-state index contributed by atoms with van der Waals surface area (Å²) in [5.41, 5.74) is 1.24. The fourth-order valence-electron chi connectivity index (χ4n) is 4.83. The number of ether oxygens (including phenoxy) is 2. The summed E-state index contributed by atoms with van der Waals surface area (Å²) in [6, 6.07) is 5.78. The van der Waals surface area contributed by atoms with Gasteiger partial charge in [0, 0.05) is 18.2 Å². The summed E-state index contributed by atoms with van der Waals surface area (Å²) in [7, 11) is 3.20. The van der Waals surface area contributed by atoms with E-state index in [1.54, 1.807) is 26.4 Å². The quantitative estimate of drug-likeness (QED) is 0.852. The lowest BCUT2D eigenvalue weighted by Gasteiger charge is -2.39. The van der Waals surface area contributed by atoms with Gasteiger partial charge in [-0.1, -0.05) is 20.8 Å². The topological polar surface area (TPSA) is 38.8 Å². The van der Waals surface area contributed by atoms with Crippen molar-refractivity contribution in [3.05, 3.63) is 23.8 Å². The lowest BCUT2D eigenvalue weighted by atomic mass is 9.65. The highest BCUT2D eigenvalue weighted by Crippen LogP contribution is 2.52. The highest BCUT2D eigenvalue weighted by atomic mass is 16.5. The second-order valence-corrected chi connectivity index (χ2v) is 8.22. The lowest BCUT2D eigenvalue weighted by Crippen LogP contribution is -2.37. The van der Waals surface area contributed by atoms with Crippen molar-refractivity contribution in [1.29, 1.82) is 0 Å². The van der Waals surface area contributed by atoms with Crippen LogP contribution in [-0.4, -0.2) is 37.6 Å². The molecule has 2 fully saturated rings. The third-order valence-electron chi connectivity index (χ3n) is 5.31. The second-order valence-electron chi connectivity index (χ2n) is 8.22. The molecule has 2 bridgehead atoms. The van der Waals surface area contributed by atoms with Crippen molar-refractivity contribution in [1.82, 2.24) is 4.90 Å². The number of nitrogens with zero attached hydrogens (tertiary/aromatic N) is 1. The molecule has 1 heterocycles. The van der Waals surface area contributed by atoms with Gasteiger partial charge in [0.15, 0.2) is 11.5 Å². The fraction of sp³-hybridized carbons (Fsp3) is 0.632. The molecule has 1 aliphatic heterocycles. The van der Waals surface area contributed by atoms with Crippen LogP contribution in [0.15, 0.2) is 18.2 Å². The van der Waals surface area contributed by atoms with E-state index in [1.165, 1.54) is 6.42 Å². The minimum Gasteiger partial charge on any atom is -0.493 e.